The second-order valence-corrected chi connectivity index (χ2v) is 12.7. The third-order valence-electron chi connectivity index (χ3n) is 9.11. The van der Waals surface area contributed by atoms with Gasteiger partial charge in [-0.25, -0.2) is 0 Å². The maximum Gasteiger partial charge on any atom is 0.254 e. The average Bonchev–Trinajstić information content (AvgIpc) is 3.70. The van der Waals surface area contributed by atoms with E-state index in [0.717, 1.165) is 0 Å². The molecule has 4 rings (SSSR count). The van der Waals surface area contributed by atoms with Gasteiger partial charge in [-0.05, 0) is 6.42 Å². The van der Waals surface area contributed by atoms with Crippen molar-refractivity contribution in [3.63, 3.8) is 0 Å². The molecule has 4 unspecified atom stereocenters. The van der Waals surface area contributed by atoms with Crippen LogP contribution in [0, 0.1) is 5.41 Å². The number of nitrogens with one attached hydrogen (secondary N) is 4. The van der Waals surface area contributed by atoms with Crippen LogP contribution in [0.15, 0.2) is 0 Å². The van der Waals surface area contributed by atoms with Crippen molar-refractivity contribution in [2.75, 3.05) is 26.3 Å². The Labute approximate surface area is 274 Å². The van der Waals surface area contributed by atoms with Crippen LogP contribution in [0.25, 0.3) is 0 Å². The highest BCUT2D eigenvalue weighted by Crippen LogP contribution is 2.37. The van der Waals surface area contributed by atoms with Crippen LogP contribution < -0.4 is 33.2 Å². The number of rotatable bonds is 13. The molecule has 0 bridgehead atoms. The first-order valence-corrected chi connectivity index (χ1v) is 15.5. The third-order valence-corrected chi connectivity index (χ3v) is 9.11. The lowest BCUT2D eigenvalue weighted by Crippen LogP contribution is -2.69. The van der Waals surface area contributed by atoms with Crippen molar-refractivity contribution in [1.82, 2.24) is 16.0 Å². The van der Waals surface area contributed by atoms with Crippen molar-refractivity contribution in [3.8, 4) is 0 Å². The number of aliphatic hydroxyl groups excluding tert-OH is 9. The number of hydrogen-bond acceptors (Lipinski definition) is 19. The molecule has 22 nitrogen and oxygen atoms in total. The van der Waals surface area contributed by atoms with Gasteiger partial charge < -0.3 is 103 Å². The summed E-state index contributed by atoms with van der Waals surface area (Å²) in [7, 11) is 0. The first kappa shape index (κ1) is 38.9. The van der Waals surface area contributed by atoms with Gasteiger partial charge in [0.15, 0.2) is 24.1 Å². The van der Waals surface area contributed by atoms with Crippen molar-refractivity contribution in [3.05, 3.63) is 0 Å². The highest BCUT2D eigenvalue weighted by Gasteiger charge is 2.61. The monoisotopic (exact) mass is 699 g/mol. The highest BCUT2D eigenvalue weighted by atomic mass is 16.7. The minimum Gasteiger partial charge on any atom is -0.394 e. The largest absolute Gasteiger partial charge is 0.394 e. The Morgan fingerprint density at radius 2 is 1.52 bits per heavy atom. The molecule has 22 heteroatoms. The molecule has 2 saturated heterocycles. The molecule has 2 heterocycles. The van der Waals surface area contributed by atoms with Gasteiger partial charge in [0.25, 0.3) is 5.91 Å². The Morgan fingerprint density at radius 3 is 2.15 bits per heavy atom. The summed E-state index contributed by atoms with van der Waals surface area (Å²) in [5, 5.41) is 118. The molecule has 4 aliphatic rings. The first-order valence-electron chi connectivity index (χ1n) is 15.5. The number of guanidine groups is 1. The lowest BCUT2D eigenvalue weighted by atomic mass is 9.83. The normalized spacial score (nSPS) is 46.8. The summed E-state index contributed by atoms with van der Waals surface area (Å²) < 4.78 is 22.9. The van der Waals surface area contributed by atoms with Crippen LogP contribution in [0.3, 0.4) is 0 Å². The maximum absolute atomic E-state index is 13.2. The molecule has 2 aliphatic heterocycles. The summed E-state index contributed by atoms with van der Waals surface area (Å²) in [6, 6.07) is -4.61. The second kappa shape index (κ2) is 15.9. The first-order chi connectivity index (χ1) is 22.5. The molecule has 278 valence electrons. The zero-order valence-electron chi connectivity index (χ0n) is 25.8. The van der Waals surface area contributed by atoms with Crippen LogP contribution in [0.1, 0.15) is 12.8 Å². The Hall–Kier alpha value is -1.94. The van der Waals surface area contributed by atoms with Crippen molar-refractivity contribution in [1.29, 1.82) is 5.41 Å². The molecule has 0 aromatic rings. The van der Waals surface area contributed by atoms with E-state index in [4.69, 9.17) is 46.7 Å². The van der Waals surface area contributed by atoms with Gasteiger partial charge in [-0.2, -0.15) is 0 Å². The average molecular weight is 700 g/mol. The summed E-state index contributed by atoms with van der Waals surface area (Å²) in [5.74, 6) is -1.42. The van der Waals surface area contributed by atoms with Crippen LogP contribution >= 0.6 is 0 Å². The zero-order valence-corrected chi connectivity index (χ0v) is 25.8. The van der Waals surface area contributed by atoms with Gasteiger partial charge in [0.05, 0.1) is 37.4 Å². The van der Waals surface area contributed by atoms with E-state index in [-0.39, 0.29) is 25.9 Å². The van der Waals surface area contributed by atoms with E-state index in [2.05, 4.69) is 16.0 Å². The highest BCUT2D eigenvalue weighted by molar-refractivity contribution is 5.91. The zero-order chi connectivity index (χ0) is 35.7. The fourth-order valence-electron chi connectivity index (χ4n) is 6.08. The molecule has 20 N–H and O–H groups in total. The van der Waals surface area contributed by atoms with Gasteiger partial charge in [0.2, 0.25) is 0 Å². The lowest BCUT2D eigenvalue weighted by molar-refractivity contribution is -0.333. The summed E-state index contributed by atoms with van der Waals surface area (Å²) in [4.78, 5) is 13.2. The number of hydrogen-bond donors (Lipinski definition) is 17. The van der Waals surface area contributed by atoms with Crippen molar-refractivity contribution in [2.24, 2.45) is 17.2 Å². The lowest BCUT2D eigenvalue weighted by Gasteiger charge is -2.49. The molecule has 1 amide bonds. The molecule has 48 heavy (non-hydrogen) atoms. The number of nitrogens with two attached hydrogens (primary N) is 3. The van der Waals surface area contributed by atoms with Gasteiger partial charge in [-0.15, -0.1) is 0 Å². The fourth-order valence-corrected chi connectivity index (χ4v) is 6.08. The minimum absolute atomic E-state index is 0.0980. The van der Waals surface area contributed by atoms with Gasteiger partial charge in [-0.3, -0.25) is 10.2 Å². The van der Waals surface area contributed by atoms with Crippen LogP contribution in [0.2, 0.25) is 0 Å². The number of ether oxygens (including phenoxy) is 4. The number of amides is 1. The Bertz CT molecular complexity index is 1100. The molecule has 0 spiro atoms. The molecule has 4 fully saturated rings. The molecule has 2 saturated carbocycles. The Morgan fingerprint density at radius 1 is 0.896 bits per heavy atom. The molecule has 18 atom stereocenters. The third kappa shape index (κ3) is 8.33. The predicted molar refractivity (Wildman–Crippen MR) is 157 cm³/mol. The smallest absolute Gasteiger partial charge is 0.254 e. The predicted octanol–water partition coefficient (Wildman–Crippen LogP) is -10.2. The minimum atomic E-state index is -1.98. The van der Waals surface area contributed by atoms with Crippen molar-refractivity contribution in [2.45, 2.75) is 122 Å². The molecule has 0 aromatic heterocycles. The maximum atomic E-state index is 13.2. The van der Waals surface area contributed by atoms with Crippen molar-refractivity contribution < 1.29 is 74.8 Å². The van der Waals surface area contributed by atoms with E-state index >= 15 is 0 Å². The molecule has 2 aliphatic carbocycles. The Kier molecular flexibility index (Phi) is 12.9. The van der Waals surface area contributed by atoms with E-state index < -0.39 is 135 Å². The van der Waals surface area contributed by atoms with E-state index in [1.54, 1.807) is 0 Å². The number of carbonyl (C=O) groups excluding carboxylic acids is 1. The fraction of sp³-hybridized carbons (Fsp3) is 0.923. The molecule has 0 radical (unpaired) electrons. The van der Waals surface area contributed by atoms with E-state index in [1.165, 1.54) is 0 Å². The van der Waals surface area contributed by atoms with Crippen LogP contribution in [0.4, 0.5) is 0 Å². The van der Waals surface area contributed by atoms with Crippen molar-refractivity contribution >= 4 is 11.9 Å². The number of aliphatic hydroxyl groups is 10. The SMILES string of the molecule is N=C(N)NC1CC1(O)C(=O)N[C@@H]1C[C@H](N)C(O[C@H]2O[C@H](CNCC(O)CO)[C@@H](O)[C@H](O)[C@H]2O)[C@H](O)[C@H]1O[C@H]1O[C@H](CO)[C@@H](O)[C@H](N)[C@H]1O. The summed E-state index contributed by atoms with van der Waals surface area (Å²) in [5.41, 5.74) is 15.6. The topological polar surface area (TPSA) is 394 Å². The van der Waals surface area contributed by atoms with Gasteiger partial charge in [-0.1, -0.05) is 0 Å². The molecular weight excluding hydrogens is 650 g/mol. The molecule has 0 aromatic carbocycles. The van der Waals surface area contributed by atoms with Crippen LogP contribution in [-0.4, -0.2) is 199 Å². The van der Waals surface area contributed by atoms with Gasteiger partial charge >= 0.3 is 0 Å². The van der Waals surface area contributed by atoms with E-state index in [9.17, 15) is 50.8 Å². The summed E-state index contributed by atoms with van der Waals surface area (Å²) in [6.45, 7) is -1.53. The standard InChI is InChI=1S/C26H49N7O15/c27-8-1-9(32-24(43)26(44)2-12(26)33-25(29)30)21(48-22-16(39)13(28)14(37)11(6-35)46-22)19(42)20(8)47-23-18(41)17(40)15(38)10(45-23)4-31-3-7(36)5-34/h7-23,31,34-42,44H,1-6,27-28H2,(H,32,43)(H4,29,30,33)/t7?,8-,9+,10+,11+,12?,13-,14+,15+,16+,17-,18+,19-,20?,21-,22+,23+,26?/m0/s1. The quantitative estimate of drug-likeness (QED) is 0.0626. The second-order valence-electron chi connectivity index (χ2n) is 12.7. The van der Waals surface area contributed by atoms with E-state index in [0.29, 0.717) is 0 Å². The summed E-state index contributed by atoms with van der Waals surface area (Å²) in [6.07, 6.45) is -20.6. The van der Waals surface area contributed by atoms with E-state index in [1.807, 2.05) is 0 Å². The number of carbonyl (C=O) groups is 1. The van der Waals surface area contributed by atoms with Crippen LogP contribution in [0.5, 0.6) is 0 Å². The Balaban J connectivity index is 1.54. The molecular formula is C26H49N7O15. The van der Waals surface area contributed by atoms with Gasteiger partial charge in [0.1, 0.15) is 61.0 Å². The summed E-state index contributed by atoms with van der Waals surface area (Å²) >= 11 is 0. The van der Waals surface area contributed by atoms with Crippen LogP contribution in [-0.2, 0) is 23.7 Å². The van der Waals surface area contributed by atoms with Gasteiger partial charge in [0, 0.05) is 25.6 Å².